The Kier molecular flexibility index (Phi) is 1.10. The van der Waals surface area contributed by atoms with Crippen LogP contribution >= 0.6 is 0 Å². The molecule has 0 saturated heterocycles. The fraction of sp³-hybridized carbons (Fsp3) is 1.00. The van der Waals surface area contributed by atoms with E-state index in [1.807, 2.05) is 7.05 Å². The highest BCUT2D eigenvalue weighted by molar-refractivity contribution is 4.73. The van der Waals surface area contributed by atoms with Gasteiger partial charge in [0.25, 0.3) is 0 Å². The Labute approximate surface area is 38.7 Å². The molecule has 0 aliphatic heterocycles. The van der Waals surface area contributed by atoms with Crippen LogP contribution < -0.4 is 5.32 Å². The van der Waals surface area contributed by atoms with E-state index in [-0.39, 0.29) is 0 Å². The van der Waals surface area contributed by atoms with Gasteiger partial charge in [-0.05, 0) is 12.8 Å². The second kappa shape index (κ2) is 1.61. The molecule has 0 atom stereocenters. The van der Waals surface area contributed by atoms with Gasteiger partial charge in [0.1, 0.15) is 0 Å². The highest BCUT2D eigenvalue weighted by Crippen LogP contribution is 2.17. The summed E-state index contributed by atoms with van der Waals surface area (Å²) in [7, 11) is 1.91. The van der Waals surface area contributed by atoms with Crippen LogP contribution in [0.3, 0.4) is 0 Å². The summed E-state index contributed by atoms with van der Waals surface area (Å²) >= 11 is 0. The SMILES string of the molecule is C[N]C1CCC1. The molecule has 0 N–H and O–H groups in total. The molecule has 1 rings (SSSR count). The highest BCUT2D eigenvalue weighted by atomic mass is 14.9. The molecule has 1 saturated carbocycles. The van der Waals surface area contributed by atoms with Crippen molar-refractivity contribution < 1.29 is 0 Å². The summed E-state index contributed by atoms with van der Waals surface area (Å²) in [5.41, 5.74) is 0. The molecule has 1 aliphatic carbocycles. The molecule has 1 aliphatic rings. The van der Waals surface area contributed by atoms with Gasteiger partial charge in [-0.15, -0.1) is 0 Å². The monoisotopic (exact) mass is 84.1 g/mol. The molecule has 1 nitrogen and oxygen atoms in total. The van der Waals surface area contributed by atoms with Crippen molar-refractivity contribution in [2.24, 2.45) is 0 Å². The Morgan fingerprint density at radius 2 is 2.17 bits per heavy atom. The average Bonchev–Trinajstić information content (AvgIpc) is 1.31. The third-order valence-corrected chi connectivity index (χ3v) is 1.44. The fourth-order valence-electron chi connectivity index (χ4n) is 0.645. The smallest absolute Gasteiger partial charge is 0.0242 e. The van der Waals surface area contributed by atoms with E-state index in [4.69, 9.17) is 0 Å². The quantitative estimate of drug-likeness (QED) is 0.445. The van der Waals surface area contributed by atoms with Gasteiger partial charge in [0.15, 0.2) is 0 Å². The molecule has 6 heavy (non-hydrogen) atoms. The molecule has 0 spiro atoms. The van der Waals surface area contributed by atoms with Gasteiger partial charge >= 0.3 is 0 Å². The van der Waals surface area contributed by atoms with E-state index in [1.54, 1.807) is 0 Å². The maximum Gasteiger partial charge on any atom is 0.0242 e. The maximum absolute atomic E-state index is 4.09. The first-order valence-corrected chi connectivity index (χ1v) is 2.52. The minimum Gasteiger partial charge on any atom is -0.242 e. The van der Waals surface area contributed by atoms with Crippen LogP contribution in [0.1, 0.15) is 19.3 Å². The number of rotatable bonds is 1. The number of hydrogen-bond donors (Lipinski definition) is 0. The second-order valence-electron chi connectivity index (χ2n) is 1.84. The van der Waals surface area contributed by atoms with E-state index >= 15 is 0 Å². The largest absolute Gasteiger partial charge is 0.242 e. The molecule has 1 heteroatoms. The van der Waals surface area contributed by atoms with E-state index in [1.165, 1.54) is 19.3 Å². The molecule has 1 fully saturated rings. The van der Waals surface area contributed by atoms with Gasteiger partial charge in [-0.25, -0.2) is 5.32 Å². The average molecular weight is 84.1 g/mol. The molecule has 0 amide bonds. The van der Waals surface area contributed by atoms with Crippen LogP contribution in [0.5, 0.6) is 0 Å². The zero-order valence-corrected chi connectivity index (χ0v) is 4.15. The van der Waals surface area contributed by atoms with E-state index in [2.05, 4.69) is 5.32 Å². The van der Waals surface area contributed by atoms with E-state index in [0.717, 1.165) is 6.04 Å². The molecule has 0 aromatic carbocycles. The molecule has 0 heterocycles. The number of hydrogen-bond acceptors (Lipinski definition) is 0. The summed E-state index contributed by atoms with van der Waals surface area (Å²) in [6, 6.07) is 0.741. The van der Waals surface area contributed by atoms with Crippen LogP contribution in [-0.2, 0) is 0 Å². The van der Waals surface area contributed by atoms with Gasteiger partial charge in [-0.1, -0.05) is 6.42 Å². The predicted molar refractivity (Wildman–Crippen MR) is 25.7 cm³/mol. The van der Waals surface area contributed by atoms with E-state index in [0.29, 0.717) is 0 Å². The van der Waals surface area contributed by atoms with Gasteiger partial charge in [-0.2, -0.15) is 0 Å². The molecule has 0 unspecified atom stereocenters. The summed E-state index contributed by atoms with van der Waals surface area (Å²) in [4.78, 5) is 0. The van der Waals surface area contributed by atoms with Crippen molar-refractivity contribution in [2.45, 2.75) is 25.3 Å². The lowest BCUT2D eigenvalue weighted by Gasteiger charge is -2.22. The van der Waals surface area contributed by atoms with Crippen LogP contribution in [0.25, 0.3) is 0 Å². The van der Waals surface area contributed by atoms with Gasteiger partial charge in [-0.3, -0.25) is 0 Å². The zero-order valence-electron chi connectivity index (χ0n) is 4.15. The van der Waals surface area contributed by atoms with Crippen LogP contribution in [-0.4, -0.2) is 13.1 Å². The molecule has 35 valence electrons. The van der Waals surface area contributed by atoms with Gasteiger partial charge in [0.2, 0.25) is 0 Å². The first kappa shape index (κ1) is 4.13. The van der Waals surface area contributed by atoms with Crippen molar-refractivity contribution in [3.05, 3.63) is 0 Å². The molecular weight excluding hydrogens is 74.1 g/mol. The Morgan fingerprint density at radius 3 is 2.17 bits per heavy atom. The Balaban J connectivity index is 2.01. The molecular formula is C5H10N. The topological polar surface area (TPSA) is 14.1 Å². The minimum absolute atomic E-state index is 0.741. The van der Waals surface area contributed by atoms with Crippen molar-refractivity contribution in [2.75, 3.05) is 7.05 Å². The van der Waals surface area contributed by atoms with Crippen molar-refractivity contribution in [3.63, 3.8) is 0 Å². The molecule has 1 radical (unpaired) electrons. The fourth-order valence-corrected chi connectivity index (χ4v) is 0.645. The highest BCUT2D eigenvalue weighted by Gasteiger charge is 2.14. The minimum atomic E-state index is 0.741. The van der Waals surface area contributed by atoms with Crippen LogP contribution in [0.2, 0.25) is 0 Å². The number of nitrogens with zero attached hydrogens (tertiary/aromatic N) is 1. The lowest BCUT2D eigenvalue weighted by molar-refractivity contribution is 0.356. The second-order valence-corrected chi connectivity index (χ2v) is 1.84. The predicted octanol–water partition coefficient (Wildman–Crippen LogP) is 0.773. The third kappa shape index (κ3) is 0.548. The standard InChI is InChI=1S/C5H10N/c1-6-5-3-2-4-5/h5H,2-4H2,1H3. The summed E-state index contributed by atoms with van der Waals surface area (Å²) in [5, 5.41) is 4.09. The Hall–Kier alpha value is -0.0400. The van der Waals surface area contributed by atoms with Gasteiger partial charge < -0.3 is 0 Å². The lowest BCUT2D eigenvalue weighted by atomic mass is 9.94. The van der Waals surface area contributed by atoms with E-state index < -0.39 is 0 Å². The van der Waals surface area contributed by atoms with Gasteiger partial charge in [0, 0.05) is 13.1 Å². The third-order valence-electron chi connectivity index (χ3n) is 1.44. The molecule has 0 bridgehead atoms. The first-order valence-electron chi connectivity index (χ1n) is 2.52. The van der Waals surface area contributed by atoms with Crippen molar-refractivity contribution in [1.82, 2.24) is 5.32 Å². The van der Waals surface area contributed by atoms with Gasteiger partial charge in [0.05, 0.1) is 0 Å². The molecule has 0 aromatic rings. The van der Waals surface area contributed by atoms with Crippen molar-refractivity contribution in [1.29, 1.82) is 0 Å². The Bertz CT molecular complexity index is 36.4. The molecule has 0 aromatic heterocycles. The summed E-state index contributed by atoms with van der Waals surface area (Å²) in [6.07, 6.45) is 4.09. The van der Waals surface area contributed by atoms with Crippen molar-refractivity contribution in [3.8, 4) is 0 Å². The first-order chi connectivity index (χ1) is 2.93. The Morgan fingerprint density at radius 1 is 1.50 bits per heavy atom. The van der Waals surface area contributed by atoms with Crippen LogP contribution in [0, 0.1) is 0 Å². The summed E-state index contributed by atoms with van der Waals surface area (Å²) in [5.74, 6) is 0. The normalized spacial score (nSPS) is 23.5. The summed E-state index contributed by atoms with van der Waals surface area (Å²) in [6.45, 7) is 0. The maximum atomic E-state index is 4.09. The lowest BCUT2D eigenvalue weighted by Crippen LogP contribution is -2.26. The van der Waals surface area contributed by atoms with E-state index in [9.17, 15) is 0 Å². The summed E-state index contributed by atoms with van der Waals surface area (Å²) < 4.78 is 0. The van der Waals surface area contributed by atoms with Crippen molar-refractivity contribution >= 4 is 0 Å². The van der Waals surface area contributed by atoms with Crippen LogP contribution in [0.4, 0.5) is 0 Å². The zero-order chi connectivity index (χ0) is 4.41. The van der Waals surface area contributed by atoms with Crippen LogP contribution in [0.15, 0.2) is 0 Å².